The molecule has 0 unspecified atom stereocenters. The summed E-state index contributed by atoms with van der Waals surface area (Å²) in [7, 11) is 0. The fraction of sp³-hybridized carbons (Fsp3) is 0.462. The van der Waals surface area contributed by atoms with Gasteiger partial charge in [-0.3, -0.25) is 4.79 Å². The Morgan fingerprint density at radius 3 is 2.82 bits per heavy atom. The molecule has 0 atom stereocenters. The zero-order chi connectivity index (χ0) is 12.7. The van der Waals surface area contributed by atoms with E-state index < -0.39 is 0 Å². The Kier molecular flexibility index (Phi) is 5.84. The number of nitrogens with one attached hydrogen (secondary N) is 2. The molecule has 1 aromatic rings. The first-order valence-electron chi connectivity index (χ1n) is 5.90. The summed E-state index contributed by atoms with van der Waals surface area (Å²) < 4.78 is 0. The average Bonchev–Trinajstić information content (AvgIpc) is 2.32. The van der Waals surface area contributed by atoms with Crippen LogP contribution in [0.3, 0.4) is 0 Å². The van der Waals surface area contributed by atoms with Crippen LogP contribution >= 0.6 is 11.6 Å². The topological polar surface area (TPSA) is 41.1 Å². The molecule has 0 aromatic heterocycles. The van der Waals surface area contributed by atoms with E-state index in [0.29, 0.717) is 13.0 Å². The molecule has 1 aromatic carbocycles. The number of anilines is 1. The molecular weight excluding hydrogens is 236 g/mol. The van der Waals surface area contributed by atoms with E-state index in [2.05, 4.69) is 10.6 Å². The van der Waals surface area contributed by atoms with E-state index in [1.54, 1.807) is 0 Å². The van der Waals surface area contributed by atoms with E-state index in [4.69, 9.17) is 11.6 Å². The number of benzene rings is 1. The lowest BCUT2D eigenvalue weighted by Crippen LogP contribution is -2.25. The van der Waals surface area contributed by atoms with E-state index >= 15 is 0 Å². The SMILES string of the molecule is CCCNC(=O)CCNc1cccc(Cl)c1C. The molecule has 1 amide bonds. The van der Waals surface area contributed by atoms with Crippen molar-refractivity contribution in [2.45, 2.75) is 26.7 Å². The number of carbonyl (C=O) groups is 1. The Bertz CT molecular complexity index is 380. The highest BCUT2D eigenvalue weighted by Crippen LogP contribution is 2.22. The lowest BCUT2D eigenvalue weighted by Gasteiger charge is -2.10. The van der Waals surface area contributed by atoms with Crippen molar-refractivity contribution in [3.05, 3.63) is 28.8 Å². The van der Waals surface area contributed by atoms with Crippen LogP contribution in [0.25, 0.3) is 0 Å². The highest BCUT2D eigenvalue weighted by Gasteiger charge is 2.03. The first-order chi connectivity index (χ1) is 8.15. The molecule has 0 radical (unpaired) electrons. The van der Waals surface area contributed by atoms with E-state index in [1.165, 1.54) is 0 Å². The molecule has 0 aliphatic heterocycles. The van der Waals surface area contributed by atoms with Gasteiger partial charge in [-0.15, -0.1) is 0 Å². The monoisotopic (exact) mass is 254 g/mol. The van der Waals surface area contributed by atoms with E-state index in [-0.39, 0.29) is 5.91 Å². The van der Waals surface area contributed by atoms with Gasteiger partial charge >= 0.3 is 0 Å². The molecule has 0 aliphatic rings. The van der Waals surface area contributed by atoms with Gasteiger partial charge in [-0.1, -0.05) is 24.6 Å². The van der Waals surface area contributed by atoms with Crippen molar-refractivity contribution in [2.24, 2.45) is 0 Å². The summed E-state index contributed by atoms with van der Waals surface area (Å²) in [6, 6.07) is 5.72. The van der Waals surface area contributed by atoms with Crippen LogP contribution < -0.4 is 10.6 Å². The number of carbonyl (C=O) groups excluding carboxylic acids is 1. The maximum absolute atomic E-state index is 11.4. The smallest absolute Gasteiger partial charge is 0.221 e. The van der Waals surface area contributed by atoms with Crippen LogP contribution in [0.15, 0.2) is 18.2 Å². The molecule has 2 N–H and O–H groups in total. The standard InChI is InChI=1S/C13H19ClN2O/c1-3-8-16-13(17)7-9-15-12-6-4-5-11(14)10(12)2/h4-6,15H,3,7-9H2,1-2H3,(H,16,17). The molecule has 17 heavy (non-hydrogen) atoms. The predicted molar refractivity (Wildman–Crippen MR) is 72.6 cm³/mol. The Hall–Kier alpha value is -1.22. The Morgan fingerprint density at radius 1 is 1.35 bits per heavy atom. The second-order valence-electron chi connectivity index (χ2n) is 3.94. The summed E-state index contributed by atoms with van der Waals surface area (Å²) in [4.78, 5) is 11.4. The zero-order valence-electron chi connectivity index (χ0n) is 10.3. The molecule has 1 rings (SSSR count). The molecule has 4 heteroatoms. The quantitative estimate of drug-likeness (QED) is 0.820. The number of amides is 1. The predicted octanol–water partition coefficient (Wildman–Crippen LogP) is 2.98. The first-order valence-corrected chi connectivity index (χ1v) is 6.28. The van der Waals surface area contributed by atoms with Crippen LogP contribution in [-0.2, 0) is 4.79 Å². The molecule has 0 bridgehead atoms. The van der Waals surface area contributed by atoms with Gasteiger partial charge in [0.15, 0.2) is 0 Å². The Morgan fingerprint density at radius 2 is 2.12 bits per heavy atom. The summed E-state index contributed by atoms with van der Waals surface area (Å²) in [6.07, 6.45) is 1.44. The number of rotatable bonds is 6. The average molecular weight is 255 g/mol. The molecule has 3 nitrogen and oxygen atoms in total. The number of hydrogen-bond acceptors (Lipinski definition) is 2. The fourth-order valence-electron chi connectivity index (χ4n) is 1.46. The maximum Gasteiger partial charge on any atom is 0.221 e. The third-order valence-electron chi connectivity index (χ3n) is 2.51. The minimum atomic E-state index is 0.0824. The normalized spacial score (nSPS) is 10.1. The van der Waals surface area contributed by atoms with Crippen LogP contribution in [0.1, 0.15) is 25.3 Å². The largest absolute Gasteiger partial charge is 0.384 e. The van der Waals surface area contributed by atoms with Gasteiger partial charge in [-0.2, -0.15) is 0 Å². The third-order valence-corrected chi connectivity index (χ3v) is 2.92. The van der Waals surface area contributed by atoms with Crippen molar-refractivity contribution in [1.82, 2.24) is 5.32 Å². The van der Waals surface area contributed by atoms with Gasteiger partial charge < -0.3 is 10.6 Å². The number of hydrogen-bond donors (Lipinski definition) is 2. The summed E-state index contributed by atoms with van der Waals surface area (Å²) in [5.41, 5.74) is 2.00. The lowest BCUT2D eigenvalue weighted by molar-refractivity contribution is -0.120. The van der Waals surface area contributed by atoms with Crippen LogP contribution in [-0.4, -0.2) is 19.0 Å². The minimum absolute atomic E-state index is 0.0824. The van der Waals surface area contributed by atoms with Gasteiger partial charge in [0.25, 0.3) is 0 Å². The molecule has 94 valence electrons. The first kappa shape index (κ1) is 13.8. The van der Waals surface area contributed by atoms with Crippen molar-refractivity contribution in [3.8, 4) is 0 Å². The minimum Gasteiger partial charge on any atom is -0.384 e. The van der Waals surface area contributed by atoms with Crippen molar-refractivity contribution in [1.29, 1.82) is 0 Å². The van der Waals surface area contributed by atoms with Gasteiger partial charge in [0, 0.05) is 30.2 Å². The Labute approximate surface area is 108 Å². The van der Waals surface area contributed by atoms with Crippen LogP contribution in [0.4, 0.5) is 5.69 Å². The number of halogens is 1. The summed E-state index contributed by atoms with van der Waals surface area (Å²) in [5, 5.41) is 6.80. The summed E-state index contributed by atoms with van der Waals surface area (Å²) in [5.74, 6) is 0.0824. The van der Waals surface area contributed by atoms with Crippen LogP contribution in [0.2, 0.25) is 5.02 Å². The third kappa shape index (κ3) is 4.65. The van der Waals surface area contributed by atoms with E-state index in [9.17, 15) is 4.79 Å². The second-order valence-corrected chi connectivity index (χ2v) is 4.35. The molecule has 0 aliphatic carbocycles. The van der Waals surface area contributed by atoms with Crippen LogP contribution in [0, 0.1) is 6.92 Å². The van der Waals surface area contributed by atoms with Crippen molar-refractivity contribution in [3.63, 3.8) is 0 Å². The highest BCUT2D eigenvalue weighted by molar-refractivity contribution is 6.31. The van der Waals surface area contributed by atoms with Gasteiger partial charge in [0.2, 0.25) is 5.91 Å². The lowest BCUT2D eigenvalue weighted by atomic mass is 10.2. The van der Waals surface area contributed by atoms with Crippen LogP contribution in [0.5, 0.6) is 0 Å². The second kappa shape index (κ2) is 7.17. The van der Waals surface area contributed by atoms with Gasteiger partial charge in [-0.25, -0.2) is 0 Å². The summed E-state index contributed by atoms with van der Waals surface area (Å²) >= 11 is 6.00. The van der Waals surface area contributed by atoms with E-state index in [1.807, 2.05) is 32.0 Å². The zero-order valence-corrected chi connectivity index (χ0v) is 11.1. The molecule has 0 saturated heterocycles. The van der Waals surface area contributed by atoms with Gasteiger partial charge in [0.1, 0.15) is 0 Å². The van der Waals surface area contributed by atoms with Crippen molar-refractivity contribution < 1.29 is 4.79 Å². The highest BCUT2D eigenvalue weighted by atomic mass is 35.5. The molecule has 0 spiro atoms. The molecule has 0 saturated carbocycles. The van der Waals surface area contributed by atoms with Crippen molar-refractivity contribution in [2.75, 3.05) is 18.4 Å². The summed E-state index contributed by atoms with van der Waals surface area (Å²) in [6.45, 7) is 5.36. The van der Waals surface area contributed by atoms with Crippen molar-refractivity contribution >= 4 is 23.2 Å². The molecular formula is C13H19ClN2O. The fourth-order valence-corrected chi connectivity index (χ4v) is 1.64. The Balaban J connectivity index is 2.36. The molecule has 0 fully saturated rings. The molecule has 0 heterocycles. The maximum atomic E-state index is 11.4. The van der Waals surface area contributed by atoms with Gasteiger partial charge in [0.05, 0.1) is 0 Å². The van der Waals surface area contributed by atoms with Gasteiger partial charge in [-0.05, 0) is 31.0 Å². The van der Waals surface area contributed by atoms with E-state index in [0.717, 1.165) is 29.2 Å².